The number of rotatable bonds is 5. The van der Waals surface area contributed by atoms with E-state index in [1.807, 2.05) is 35.0 Å². The molecular formula is C17H12F3N3S3. The molecule has 0 bridgehead atoms. The lowest BCUT2D eigenvalue weighted by Crippen LogP contribution is -2.29. The maximum absolute atomic E-state index is 13.2. The molecule has 0 aliphatic carbocycles. The highest BCUT2D eigenvalue weighted by Crippen LogP contribution is 2.39. The number of aromatic amines is 1. The Bertz CT molecular complexity index is 992. The molecule has 0 aliphatic rings. The fraction of sp³-hybridized carbons (Fsp3) is 0.118. The van der Waals surface area contributed by atoms with Gasteiger partial charge in [0.15, 0.2) is 0 Å². The number of fused-ring (bicyclic) bond motifs is 1. The average molecular weight is 411 g/mol. The quantitative estimate of drug-likeness (QED) is 0.384. The lowest BCUT2D eigenvalue weighted by Gasteiger charge is -2.24. The molecule has 0 aliphatic heterocycles. The van der Waals surface area contributed by atoms with Crippen LogP contribution in [-0.2, 0) is 0 Å². The third kappa shape index (κ3) is 3.74. The summed E-state index contributed by atoms with van der Waals surface area (Å²) in [5.41, 5.74) is 1.97. The number of aromatic nitrogens is 2. The van der Waals surface area contributed by atoms with E-state index in [0.29, 0.717) is 11.2 Å². The molecule has 0 radical (unpaired) electrons. The van der Waals surface area contributed by atoms with Crippen molar-refractivity contribution >= 4 is 51.2 Å². The van der Waals surface area contributed by atoms with Gasteiger partial charge < -0.3 is 9.29 Å². The summed E-state index contributed by atoms with van der Waals surface area (Å²) in [6, 6.07) is 10.9. The van der Waals surface area contributed by atoms with Crippen LogP contribution in [-0.4, -0.2) is 22.7 Å². The van der Waals surface area contributed by atoms with Crippen LogP contribution in [0.2, 0.25) is 0 Å². The highest BCUT2D eigenvalue weighted by molar-refractivity contribution is 8.02. The molecular weight excluding hydrogens is 399 g/mol. The number of hydrogen-bond donors (Lipinski definition) is 1. The molecule has 3 heterocycles. The van der Waals surface area contributed by atoms with Crippen LogP contribution in [0.15, 0.2) is 57.6 Å². The van der Waals surface area contributed by atoms with Crippen molar-refractivity contribution in [2.75, 3.05) is 10.8 Å². The van der Waals surface area contributed by atoms with Gasteiger partial charge in [0.2, 0.25) is 0 Å². The predicted molar refractivity (Wildman–Crippen MR) is 103 cm³/mol. The monoisotopic (exact) mass is 411 g/mol. The number of para-hydroxylation sites is 1. The fourth-order valence-electron chi connectivity index (χ4n) is 2.57. The van der Waals surface area contributed by atoms with Gasteiger partial charge in [-0.3, -0.25) is 0 Å². The Labute approximate surface area is 159 Å². The van der Waals surface area contributed by atoms with Crippen molar-refractivity contribution < 1.29 is 13.2 Å². The highest BCUT2D eigenvalue weighted by atomic mass is 32.2. The van der Waals surface area contributed by atoms with E-state index in [9.17, 15) is 13.2 Å². The first-order valence-corrected chi connectivity index (χ1v) is 10.1. The van der Waals surface area contributed by atoms with Gasteiger partial charge in [-0.05, 0) is 35.5 Å². The lowest BCUT2D eigenvalue weighted by molar-refractivity contribution is -0.117. The zero-order valence-corrected chi connectivity index (χ0v) is 15.6. The van der Waals surface area contributed by atoms with Crippen molar-refractivity contribution in [3.05, 3.63) is 53.4 Å². The molecule has 0 saturated carbocycles. The molecule has 0 fully saturated rings. The maximum Gasteiger partial charge on any atom is 0.406 e. The van der Waals surface area contributed by atoms with Crippen molar-refractivity contribution in [1.82, 2.24) is 9.97 Å². The number of thiazole rings is 1. The molecule has 3 aromatic heterocycles. The normalized spacial score (nSPS) is 12.0. The number of halogens is 3. The molecule has 0 atom stereocenters. The van der Waals surface area contributed by atoms with Crippen molar-refractivity contribution in [3.8, 4) is 10.7 Å². The van der Waals surface area contributed by atoms with E-state index in [-0.39, 0.29) is 0 Å². The molecule has 134 valence electrons. The van der Waals surface area contributed by atoms with Crippen LogP contribution in [0.5, 0.6) is 0 Å². The Kier molecular flexibility index (Phi) is 4.68. The smallest absolute Gasteiger partial charge is 0.351 e. The van der Waals surface area contributed by atoms with E-state index >= 15 is 0 Å². The van der Waals surface area contributed by atoms with Gasteiger partial charge in [0.1, 0.15) is 11.6 Å². The van der Waals surface area contributed by atoms with E-state index in [0.717, 1.165) is 32.2 Å². The summed E-state index contributed by atoms with van der Waals surface area (Å²) in [6.45, 7) is -1.04. The van der Waals surface area contributed by atoms with E-state index in [1.54, 1.807) is 18.3 Å². The average Bonchev–Trinajstić information content (AvgIpc) is 3.32. The third-order valence-electron chi connectivity index (χ3n) is 3.58. The molecule has 0 spiro atoms. The molecule has 4 rings (SSSR count). The number of alkyl halides is 3. The molecule has 0 unspecified atom stereocenters. The van der Waals surface area contributed by atoms with Crippen LogP contribution in [0.25, 0.3) is 21.6 Å². The standard InChI is InChI=1S/C17H12F3N3S3/c18-17(19,20)10-23(26-14-5-2-7-24-14)13-4-1-3-11-9-12(22-15(11)13)16-21-6-8-25-16/h1-9,22H,10H2. The topological polar surface area (TPSA) is 31.9 Å². The molecule has 9 heteroatoms. The summed E-state index contributed by atoms with van der Waals surface area (Å²) in [4.78, 5) is 7.51. The maximum atomic E-state index is 13.2. The SMILES string of the molecule is FC(F)(F)CN(Sc1cccs1)c1cccc2cc(-c3nccs3)[nH]c12. The summed E-state index contributed by atoms with van der Waals surface area (Å²) < 4.78 is 41.6. The number of hydrogen-bond acceptors (Lipinski definition) is 5. The second-order valence-corrected chi connectivity index (χ2v) is 8.60. The fourth-order valence-corrected chi connectivity index (χ4v) is 5.06. The number of H-pyrrole nitrogens is 1. The highest BCUT2D eigenvalue weighted by Gasteiger charge is 2.32. The third-order valence-corrected chi connectivity index (χ3v) is 6.43. The molecule has 1 N–H and O–H groups in total. The molecule has 1 aromatic carbocycles. The zero-order valence-electron chi connectivity index (χ0n) is 13.2. The van der Waals surface area contributed by atoms with Gasteiger partial charge in [-0.25, -0.2) is 4.98 Å². The number of anilines is 1. The number of nitrogens with zero attached hydrogens (tertiary/aromatic N) is 2. The van der Waals surface area contributed by atoms with Gasteiger partial charge in [-0.1, -0.05) is 18.2 Å². The molecule has 3 nitrogen and oxygen atoms in total. The zero-order chi connectivity index (χ0) is 18.1. The first kappa shape index (κ1) is 17.4. The Morgan fingerprint density at radius 1 is 1.12 bits per heavy atom. The van der Waals surface area contributed by atoms with Gasteiger partial charge in [0.05, 0.1) is 21.1 Å². The van der Waals surface area contributed by atoms with Crippen molar-refractivity contribution in [2.45, 2.75) is 10.4 Å². The van der Waals surface area contributed by atoms with Gasteiger partial charge in [-0.2, -0.15) is 13.2 Å². The summed E-state index contributed by atoms with van der Waals surface area (Å²) in [7, 11) is 0. The Hall–Kier alpha value is -1.97. The van der Waals surface area contributed by atoms with Gasteiger partial charge in [-0.15, -0.1) is 22.7 Å². The van der Waals surface area contributed by atoms with Crippen LogP contribution in [0, 0.1) is 0 Å². The first-order chi connectivity index (χ1) is 12.5. The largest absolute Gasteiger partial charge is 0.406 e. The predicted octanol–water partition coefficient (Wildman–Crippen LogP) is 6.43. The number of benzene rings is 1. The van der Waals surface area contributed by atoms with E-state index in [1.165, 1.54) is 27.0 Å². The van der Waals surface area contributed by atoms with Crippen LogP contribution in [0.1, 0.15) is 0 Å². The van der Waals surface area contributed by atoms with Crippen molar-refractivity contribution in [3.63, 3.8) is 0 Å². The Morgan fingerprint density at radius 3 is 2.69 bits per heavy atom. The first-order valence-electron chi connectivity index (χ1n) is 7.57. The molecule has 4 aromatic rings. The van der Waals surface area contributed by atoms with Crippen molar-refractivity contribution in [2.24, 2.45) is 0 Å². The van der Waals surface area contributed by atoms with Gasteiger partial charge >= 0.3 is 6.18 Å². The summed E-state index contributed by atoms with van der Waals surface area (Å²) in [6.07, 6.45) is -2.60. The minimum absolute atomic E-state index is 0.501. The van der Waals surface area contributed by atoms with E-state index in [2.05, 4.69) is 9.97 Å². The number of nitrogens with one attached hydrogen (secondary N) is 1. The summed E-state index contributed by atoms with van der Waals surface area (Å²) in [5.74, 6) is 0. The van der Waals surface area contributed by atoms with Crippen LogP contribution in [0.3, 0.4) is 0 Å². The summed E-state index contributed by atoms with van der Waals surface area (Å²) in [5, 5.41) is 5.38. The minimum atomic E-state index is -4.31. The van der Waals surface area contributed by atoms with Crippen molar-refractivity contribution in [1.29, 1.82) is 0 Å². The van der Waals surface area contributed by atoms with Crippen LogP contribution in [0.4, 0.5) is 18.9 Å². The van der Waals surface area contributed by atoms with Gasteiger partial charge in [0, 0.05) is 17.0 Å². The second-order valence-electron chi connectivity index (χ2n) is 5.44. The molecule has 0 saturated heterocycles. The molecule has 0 amide bonds. The van der Waals surface area contributed by atoms with Crippen LogP contribution >= 0.6 is 34.6 Å². The Morgan fingerprint density at radius 2 is 2.00 bits per heavy atom. The minimum Gasteiger partial charge on any atom is -0.351 e. The van der Waals surface area contributed by atoms with Crippen LogP contribution < -0.4 is 4.31 Å². The number of thiophene rings is 1. The van der Waals surface area contributed by atoms with Gasteiger partial charge in [0.25, 0.3) is 0 Å². The summed E-state index contributed by atoms with van der Waals surface area (Å²) >= 11 is 3.99. The second kappa shape index (κ2) is 6.98. The molecule has 26 heavy (non-hydrogen) atoms. The lowest BCUT2D eigenvalue weighted by atomic mass is 10.2. The Balaban J connectivity index is 1.77. The van der Waals surface area contributed by atoms with E-state index in [4.69, 9.17) is 0 Å². The van der Waals surface area contributed by atoms with E-state index < -0.39 is 12.7 Å².